The molecular formula is C28H20FN3O. The second-order valence-corrected chi connectivity index (χ2v) is 8.20. The Morgan fingerprint density at radius 1 is 0.788 bits per heavy atom. The SMILES string of the molecule is O=C1c2cc(-c3ccc4[nH]ccc4c3)ccc2Nc2ccc(F)cc2N1Cc1ccccc1. The van der Waals surface area contributed by atoms with Crippen LogP contribution in [0.2, 0.25) is 0 Å². The molecule has 1 aliphatic heterocycles. The number of carbonyl (C=O) groups is 1. The number of aromatic nitrogens is 1. The van der Waals surface area contributed by atoms with Crippen molar-refractivity contribution in [2.24, 2.45) is 0 Å². The van der Waals surface area contributed by atoms with Gasteiger partial charge in [0.05, 0.1) is 29.2 Å². The molecule has 6 rings (SSSR count). The number of H-pyrrole nitrogens is 1. The number of benzene rings is 4. The predicted molar refractivity (Wildman–Crippen MR) is 130 cm³/mol. The summed E-state index contributed by atoms with van der Waals surface area (Å²) in [6, 6.07) is 28.3. The minimum Gasteiger partial charge on any atom is -0.361 e. The van der Waals surface area contributed by atoms with Crippen LogP contribution in [0.25, 0.3) is 22.0 Å². The van der Waals surface area contributed by atoms with Gasteiger partial charge >= 0.3 is 0 Å². The zero-order valence-corrected chi connectivity index (χ0v) is 17.7. The fourth-order valence-electron chi connectivity index (χ4n) is 4.40. The third-order valence-electron chi connectivity index (χ3n) is 6.09. The van der Waals surface area contributed by atoms with Gasteiger partial charge in [0.25, 0.3) is 5.91 Å². The molecule has 33 heavy (non-hydrogen) atoms. The predicted octanol–water partition coefficient (Wildman–Crippen LogP) is 6.88. The second-order valence-electron chi connectivity index (χ2n) is 8.20. The van der Waals surface area contributed by atoms with Crippen molar-refractivity contribution in [3.8, 4) is 11.1 Å². The Bertz CT molecular complexity index is 1510. The van der Waals surface area contributed by atoms with Crippen molar-refractivity contribution in [1.29, 1.82) is 0 Å². The van der Waals surface area contributed by atoms with Crippen LogP contribution in [0, 0.1) is 5.82 Å². The van der Waals surface area contributed by atoms with Crippen LogP contribution in [0.15, 0.2) is 97.2 Å². The third kappa shape index (κ3) is 3.44. The number of hydrogen-bond donors (Lipinski definition) is 2. The first kappa shape index (κ1) is 19.3. The Morgan fingerprint density at radius 3 is 2.45 bits per heavy atom. The van der Waals surface area contributed by atoms with Crippen molar-refractivity contribution in [2.45, 2.75) is 6.54 Å². The normalized spacial score (nSPS) is 12.8. The summed E-state index contributed by atoms with van der Waals surface area (Å²) in [5.41, 5.74) is 6.49. The van der Waals surface area contributed by atoms with Gasteiger partial charge in [-0.25, -0.2) is 4.39 Å². The van der Waals surface area contributed by atoms with Crippen LogP contribution < -0.4 is 10.2 Å². The number of nitrogens with zero attached hydrogens (tertiary/aromatic N) is 1. The van der Waals surface area contributed by atoms with Crippen molar-refractivity contribution in [3.63, 3.8) is 0 Å². The highest BCUT2D eigenvalue weighted by atomic mass is 19.1. The maximum atomic E-state index is 14.2. The number of nitrogens with one attached hydrogen (secondary N) is 2. The lowest BCUT2D eigenvalue weighted by Gasteiger charge is -2.23. The van der Waals surface area contributed by atoms with E-state index in [1.165, 1.54) is 12.1 Å². The van der Waals surface area contributed by atoms with E-state index in [1.807, 2.05) is 72.9 Å². The Kier molecular flexibility index (Phi) is 4.47. The fourth-order valence-corrected chi connectivity index (χ4v) is 4.40. The Labute approximate surface area is 190 Å². The van der Waals surface area contributed by atoms with Crippen LogP contribution in [-0.4, -0.2) is 10.9 Å². The molecule has 0 saturated heterocycles. The van der Waals surface area contributed by atoms with E-state index < -0.39 is 0 Å². The standard InChI is InChI=1S/C28H20FN3O/c29-22-8-11-26-27(16-22)32(17-18-4-2-1-3-5-18)28(33)23-15-20(7-10-25(23)31-26)19-6-9-24-21(14-19)12-13-30-24/h1-16,30-31H,17H2. The van der Waals surface area contributed by atoms with Gasteiger partial charge in [-0.3, -0.25) is 4.79 Å². The van der Waals surface area contributed by atoms with E-state index in [1.54, 1.807) is 11.0 Å². The number of fused-ring (bicyclic) bond motifs is 3. The molecule has 0 radical (unpaired) electrons. The zero-order chi connectivity index (χ0) is 22.4. The van der Waals surface area contributed by atoms with Crippen LogP contribution in [0.1, 0.15) is 15.9 Å². The maximum Gasteiger partial charge on any atom is 0.260 e. The van der Waals surface area contributed by atoms with Crippen molar-refractivity contribution in [3.05, 3.63) is 114 Å². The lowest BCUT2D eigenvalue weighted by atomic mass is 10.00. The van der Waals surface area contributed by atoms with E-state index in [9.17, 15) is 9.18 Å². The number of rotatable bonds is 3. The largest absolute Gasteiger partial charge is 0.361 e. The molecule has 160 valence electrons. The molecule has 4 aromatic carbocycles. The van der Waals surface area contributed by atoms with E-state index >= 15 is 0 Å². The van der Waals surface area contributed by atoms with Gasteiger partial charge in [0.2, 0.25) is 0 Å². The minimum absolute atomic E-state index is 0.171. The van der Waals surface area contributed by atoms with Gasteiger partial charge in [0, 0.05) is 11.7 Å². The summed E-state index contributed by atoms with van der Waals surface area (Å²) in [6.07, 6.45) is 1.91. The average Bonchev–Trinajstić information content (AvgIpc) is 3.28. The zero-order valence-electron chi connectivity index (χ0n) is 17.7. The van der Waals surface area contributed by atoms with Gasteiger partial charge in [-0.05, 0) is 70.6 Å². The molecule has 0 bridgehead atoms. The fraction of sp³-hybridized carbons (Fsp3) is 0.0357. The van der Waals surface area contributed by atoms with Crippen LogP contribution >= 0.6 is 0 Å². The number of carbonyl (C=O) groups excluding carboxylic acids is 1. The summed E-state index contributed by atoms with van der Waals surface area (Å²) >= 11 is 0. The van der Waals surface area contributed by atoms with Gasteiger partial charge in [-0.2, -0.15) is 0 Å². The summed E-state index contributed by atoms with van der Waals surface area (Å²) < 4.78 is 14.2. The van der Waals surface area contributed by atoms with Crippen molar-refractivity contribution < 1.29 is 9.18 Å². The lowest BCUT2D eigenvalue weighted by molar-refractivity contribution is 0.0986. The highest BCUT2D eigenvalue weighted by molar-refractivity contribution is 6.14. The Morgan fingerprint density at radius 2 is 1.58 bits per heavy atom. The summed E-state index contributed by atoms with van der Waals surface area (Å²) in [5.74, 6) is -0.553. The molecular weight excluding hydrogens is 413 g/mol. The number of halogens is 1. The van der Waals surface area contributed by atoms with Gasteiger partial charge in [0.15, 0.2) is 0 Å². The summed E-state index contributed by atoms with van der Waals surface area (Å²) in [4.78, 5) is 18.7. The van der Waals surface area contributed by atoms with Crippen molar-refractivity contribution in [2.75, 3.05) is 10.2 Å². The Balaban J connectivity index is 1.47. The number of aromatic amines is 1. The molecule has 1 amide bonds. The van der Waals surface area contributed by atoms with Gasteiger partial charge in [0.1, 0.15) is 5.82 Å². The van der Waals surface area contributed by atoms with E-state index in [2.05, 4.69) is 16.4 Å². The molecule has 1 aliphatic rings. The summed E-state index contributed by atoms with van der Waals surface area (Å²) in [6.45, 7) is 0.344. The van der Waals surface area contributed by atoms with Crippen LogP contribution in [0.5, 0.6) is 0 Å². The summed E-state index contributed by atoms with van der Waals surface area (Å²) in [5, 5.41) is 4.46. The molecule has 2 heterocycles. The first-order chi connectivity index (χ1) is 16.2. The molecule has 0 saturated carbocycles. The van der Waals surface area contributed by atoms with Crippen LogP contribution in [0.3, 0.4) is 0 Å². The quantitative estimate of drug-likeness (QED) is 0.326. The van der Waals surface area contributed by atoms with Crippen LogP contribution in [-0.2, 0) is 6.54 Å². The highest BCUT2D eigenvalue weighted by Gasteiger charge is 2.28. The first-order valence-corrected chi connectivity index (χ1v) is 10.8. The monoisotopic (exact) mass is 433 g/mol. The van der Waals surface area contributed by atoms with E-state index in [0.29, 0.717) is 29.2 Å². The van der Waals surface area contributed by atoms with Crippen LogP contribution in [0.4, 0.5) is 21.5 Å². The highest BCUT2D eigenvalue weighted by Crippen LogP contribution is 2.38. The topological polar surface area (TPSA) is 48.1 Å². The number of anilines is 3. The number of hydrogen-bond acceptors (Lipinski definition) is 2. The molecule has 1 aromatic heterocycles. The second kappa shape index (κ2) is 7.64. The molecule has 5 heteroatoms. The van der Waals surface area contributed by atoms with Crippen molar-refractivity contribution >= 4 is 33.9 Å². The molecule has 0 atom stereocenters. The van der Waals surface area contributed by atoms with Crippen molar-refractivity contribution in [1.82, 2.24) is 4.98 Å². The molecule has 0 fully saturated rings. The van der Waals surface area contributed by atoms with E-state index in [-0.39, 0.29) is 11.7 Å². The van der Waals surface area contributed by atoms with Gasteiger partial charge in [-0.1, -0.05) is 42.5 Å². The molecule has 4 nitrogen and oxygen atoms in total. The van der Waals surface area contributed by atoms with E-state index in [0.717, 1.165) is 27.6 Å². The molecule has 0 aliphatic carbocycles. The Hall–Kier alpha value is -4.38. The molecule has 0 unspecified atom stereocenters. The molecule has 2 N–H and O–H groups in total. The van der Waals surface area contributed by atoms with Gasteiger partial charge in [-0.15, -0.1) is 0 Å². The molecule has 0 spiro atoms. The summed E-state index contributed by atoms with van der Waals surface area (Å²) in [7, 11) is 0. The smallest absolute Gasteiger partial charge is 0.260 e. The number of amides is 1. The third-order valence-corrected chi connectivity index (χ3v) is 6.09. The van der Waals surface area contributed by atoms with E-state index in [4.69, 9.17) is 0 Å². The van der Waals surface area contributed by atoms with Gasteiger partial charge < -0.3 is 15.2 Å². The molecule has 5 aromatic rings. The first-order valence-electron chi connectivity index (χ1n) is 10.8. The maximum absolute atomic E-state index is 14.2. The average molecular weight is 433 g/mol. The minimum atomic E-state index is -0.382. The lowest BCUT2D eigenvalue weighted by Crippen LogP contribution is -2.30.